The number of hydrogen-bond acceptors (Lipinski definition) is 4. The number of benzene rings is 2. The van der Waals surface area contributed by atoms with Crippen LogP contribution in [-0.4, -0.2) is 44.0 Å². The smallest absolute Gasteiger partial charge is 0.268 e. The summed E-state index contributed by atoms with van der Waals surface area (Å²) in [5.41, 5.74) is 8.17. The zero-order chi connectivity index (χ0) is 29.1. The third-order valence-electron chi connectivity index (χ3n) is 5.26. The van der Waals surface area contributed by atoms with E-state index in [2.05, 4.69) is 22.7 Å². The summed E-state index contributed by atoms with van der Waals surface area (Å²) in [6.07, 6.45) is 0. The van der Waals surface area contributed by atoms with Crippen LogP contribution in [0.5, 0.6) is 0 Å². The molecule has 0 aromatic heterocycles. The zero-order valence-corrected chi connectivity index (χ0v) is 25.3. The van der Waals surface area contributed by atoms with E-state index < -0.39 is 0 Å². The molecule has 0 fully saturated rings. The van der Waals surface area contributed by atoms with E-state index in [0.29, 0.717) is 11.1 Å². The van der Waals surface area contributed by atoms with Crippen molar-refractivity contribution in [2.45, 2.75) is 105 Å². The molecule has 206 valence electrons. The maximum absolute atomic E-state index is 13.2. The first-order valence-corrected chi connectivity index (χ1v) is 13.1. The molecule has 2 amide bonds. The maximum atomic E-state index is 13.2. The topological polar surface area (TPSA) is 64.7 Å². The molecule has 0 spiro atoms. The molecule has 0 aliphatic carbocycles. The standard InChI is InChI=1S/C32H46N4O2/c1-29(2,3)33-35(31(7,8)9)27(37)25-19-15-23(16-20-25)13-14-24-17-21-26(22-18-24)28(38)36(32(10,11)12)34-30(4,5)6/h15-22,33-34H,1-12H3. The van der Waals surface area contributed by atoms with Crippen LogP contribution in [0, 0.1) is 11.8 Å². The van der Waals surface area contributed by atoms with Gasteiger partial charge >= 0.3 is 0 Å². The highest BCUT2D eigenvalue weighted by Crippen LogP contribution is 2.20. The summed E-state index contributed by atoms with van der Waals surface area (Å²) in [4.78, 5) is 26.5. The summed E-state index contributed by atoms with van der Waals surface area (Å²) in [5.74, 6) is 6.14. The lowest BCUT2D eigenvalue weighted by Crippen LogP contribution is -2.59. The molecule has 0 heterocycles. The fraction of sp³-hybridized carbons (Fsp3) is 0.500. The molecule has 2 aromatic carbocycles. The van der Waals surface area contributed by atoms with Crippen molar-refractivity contribution >= 4 is 11.8 Å². The van der Waals surface area contributed by atoms with Crippen LogP contribution < -0.4 is 10.9 Å². The molecule has 2 aromatic rings. The zero-order valence-electron chi connectivity index (χ0n) is 25.3. The fourth-order valence-corrected chi connectivity index (χ4v) is 3.51. The van der Waals surface area contributed by atoms with Crippen molar-refractivity contribution in [2.75, 3.05) is 0 Å². The first-order chi connectivity index (χ1) is 17.2. The summed E-state index contributed by atoms with van der Waals surface area (Å²) < 4.78 is 0. The van der Waals surface area contributed by atoms with Crippen LogP contribution in [0.25, 0.3) is 0 Å². The van der Waals surface area contributed by atoms with Gasteiger partial charge in [0, 0.05) is 33.3 Å². The first-order valence-electron chi connectivity index (χ1n) is 13.1. The molecule has 0 saturated heterocycles. The minimum Gasteiger partial charge on any atom is -0.268 e. The van der Waals surface area contributed by atoms with E-state index in [0.717, 1.165) is 11.1 Å². The van der Waals surface area contributed by atoms with E-state index in [1.54, 1.807) is 34.3 Å². The van der Waals surface area contributed by atoms with Gasteiger partial charge in [-0.25, -0.2) is 10.9 Å². The predicted octanol–water partition coefficient (Wildman–Crippen LogP) is 6.17. The maximum Gasteiger partial charge on any atom is 0.268 e. The van der Waals surface area contributed by atoms with Gasteiger partial charge in [-0.3, -0.25) is 19.6 Å². The molecular formula is C32H46N4O2. The number of nitrogens with one attached hydrogen (secondary N) is 2. The van der Waals surface area contributed by atoms with E-state index in [1.165, 1.54) is 0 Å². The highest BCUT2D eigenvalue weighted by atomic mass is 16.2. The lowest BCUT2D eigenvalue weighted by Gasteiger charge is -2.40. The van der Waals surface area contributed by atoms with Gasteiger partial charge in [0.25, 0.3) is 11.8 Å². The van der Waals surface area contributed by atoms with Gasteiger partial charge in [-0.05, 0) is 132 Å². The Morgan fingerprint density at radius 3 is 1.00 bits per heavy atom. The van der Waals surface area contributed by atoms with Gasteiger partial charge in [-0.1, -0.05) is 11.8 Å². The molecule has 6 nitrogen and oxygen atoms in total. The molecule has 38 heavy (non-hydrogen) atoms. The van der Waals surface area contributed by atoms with E-state index in [-0.39, 0.29) is 34.0 Å². The van der Waals surface area contributed by atoms with Crippen molar-refractivity contribution in [3.8, 4) is 11.8 Å². The van der Waals surface area contributed by atoms with Gasteiger partial charge in [-0.15, -0.1) is 0 Å². The minimum atomic E-state index is -0.386. The van der Waals surface area contributed by atoms with Crippen molar-refractivity contribution in [3.63, 3.8) is 0 Å². The number of rotatable bonds is 4. The van der Waals surface area contributed by atoms with Crippen LogP contribution in [0.3, 0.4) is 0 Å². The summed E-state index contributed by atoms with van der Waals surface area (Å²) >= 11 is 0. The lowest BCUT2D eigenvalue weighted by atomic mass is 10.0. The number of amides is 2. The number of hydrogen-bond donors (Lipinski definition) is 2. The van der Waals surface area contributed by atoms with Gasteiger partial charge < -0.3 is 0 Å². The molecule has 6 heteroatoms. The van der Waals surface area contributed by atoms with Gasteiger partial charge in [-0.2, -0.15) is 0 Å². The van der Waals surface area contributed by atoms with Crippen molar-refractivity contribution in [1.29, 1.82) is 0 Å². The average molecular weight is 519 g/mol. The van der Waals surface area contributed by atoms with Crippen LogP contribution in [0.2, 0.25) is 0 Å². The summed E-state index contributed by atoms with van der Waals surface area (Å²) in [5, 5.41) is 3.38. The molecular weight excluding hydrogens is 472 g/mol. The van der Waals surface area contributed by atoms with E-state index in [9.17, 15) is 9.59 Å². The Labute approximate surface area is 230 Å². The second-order valence-corrected chi connectivity index (χ2v) is 13.8. The number of carbonyl (C=O) groups excluding carboxylic acids is 2. The number of hydrazine groups is 2. The molecule has 0 radical (unpaired) electrons. The Morgan fingerprint density at radius 1 is 0.526 bits per heavy atom. The quantitative estimate of drug-likeness (QED) is 0.375. The summed E-state index contributed by atoms with van der Waals surface area (Å²) in [6, 6.07) is 14.7. The Kier molecular flexibility index (Phi) is 9.25. The lowest BCUT2D eigenvalue weighted by molar-refractivity contribution is 0.0245. The van der Waals surface area contributed by atoms with Crippen LogP contribution in [0.15, 0.2) is 48.5 Å². The average Bonchev–Trinajstić information content (AvgIpc) is 2.77. The second-order valence-electron chi connectivity index (χ2n) is 13.8. The van der Waals surface area contributed by atoms with Crippen molar-refractivity contribution in [1.82, 2.24) is 20.9 Å². The van der Waals surface area contributed by atoms with Gasteiger partial charge in [0.05, 0.1) is 11.1 Å². The Hall–Kier alpha value is -3.14. The van der Waals surface area contributed by atoms with Crippen LogP contribution >= 0.6 is 0 Å². The highest BCUT2D eigenvalue weighted by Gasteiger charge is 2.31. The molecule has 0 bridgehead atoms. The molecule has 0 atom stereocenters. The fourth-order valence-electron chi connectivity index (χ4n) is 3.51. The largest absolute Gasteiger partial charge is 0.268 e. The number of carbonyl (C=O) groups is 2. The molecule has 0 unspecified atom stereocenters. The third-order valence-corrected chi connectivity index (χ3v) is 5.26. The van der Waals surface area contributed by atoms with Crippen LogP contribution in [0.4, 0.5) is 0 Å². The number of nitrogens with zero attached hydrogens (tertiary/aromatic N) is 2. The first kappa shape index (κ1) is 31.1. The molecule has 0 saturated carbocycles. The monoisotopic (exact) mass is 518 g/mol. The predicted molar refractivity (Wildman–Crippen MR) is 156 cm³/mol. The Bertz CT molecular complexity index is 1080. The third kappa shape index (κ3) is 9.31. The van der Waals surface area contributed by atoms with Gasteiger partial charge in [0.15, 0.2) is 0 Å². The van der Waals surface area contributed by atoms with Crippen molar-refractivity contribution in [3.05, 3.63) is 70.8 Å². The summed E-state index contributed by atoms with van der Waals surface area (Å²) in [6.45, 7) is 24.2. The molecule has 2 rings (SSSR count). The van der Waals surface area contributed by atoms with Gasteiger partial charge in [0.2, 0.25) is 0 Å². The van der Waals surface area contributed by atoms with Crippen LogP contribution in [-0.2, 0) is 0 Å². The minimum absolute atomic E-state index is 0.0857. The van der Waals surface area contributed by atoms with E-state index in [4.69, 9.17) is 0 Å². The second kappa shape index (κ2) is 11.3. The SMILES string of the molecule is CC(C)(C)NN(C(=O)c1ccc(C#Cc2ccc(C(=O)N(NC(C)(C)C)C(C)(C)C)cc2)cc1)C(C)(C)C. The van der Waals surface area contributed by atoms with Crippen molar-refractivity contribution < 1.29 is 9.59 Å². The van der Waals surface area contributed by atoms with Crippen LogP contribution in [0.1, 0.15) is 115 Å². The molecule has 0 aliphatic rings. The molecule has 0 aliphatic heterocycles. The normalized spacial score (nSPS) is 12.4. The van der Waals surface area contributed by atoms with E-state index >= 15 is 0 Å². The Morgan fingerprint density at radius 2 is 0.789 bits per heavy atom. The Balaban J connectivity index is 2.19. The van der Waals surface area contributed by atoms with Crippen molar-refractivity contribution in [2.24, 2.45) is 0 Å². The highest BCUT2D eigenvalue weighted by molar-refractivity contribution is 5.95. The molecule has 2 N–H and O–H groups in total. The summed E-state index contributed by atoms with van der Waals surface area (Å²) in [7, 11) is 0. The van der Waals surface area contributed by atoms with Gasteiger partial charge in [0.1, 0.15) is 0 Å². The van der Waals surface area contributed by atoms with E-state index in [1.807, 2.05) is 107 Å².